The molecule has 2 aromatic carbocycles. The lowest BCUT2D eigenvalue weighted by Crippen LogP contribution is -2.17. The van der Waals surface area contributed by atoms with Gasteiger partial charge in [-0.05, 0) is 84.3 Å². The smallest absolute Gasteiger partial charge is 0.265 e. The molecule has 0 fully saturated rings. The summed E-state index contributed by atoms with van der Waals surface area (Å²) in [5.41, 5.74) is 2.33. The number of carbonyl (C=O) groups is 1. The minimum Gasteiger partial charge on any atom is -0.439 e. The normalized spacial score (nSPS) is 15.6. The van der Waals surface area contributed by atoms with Crippen molar-refractivity contribution in [3.05, 3.63) is 80.8 Å². The first-order valence-corrected chi connectivity index (χ1v) is 14.4. The summed E-state index contributed by atoms with van der Waals surface area (Å²) in [4.78, 5) is 17.7. The van der Waals surface area contributed by atoms with Gasteiger partial charge < -0.3 is 10.1 Å². The number of ether oxygens (including phenoxy) is 1. The SMILES string of the molecule is CS(=O)(=O)C1CCCc2cc3sc(C(=O)Nc4cc(Cl)nc(Oc5ccc(Cl)cc5)c4)cc3cc21. The summed E-state index contributed by atoms with van der Waals surface area (Å²) in [6.45, 7) is 0. The molecule has 35 heavy (non-hydrogen) atoms. The number of aromatic nitrogens is 1. The number of pyridine rings is 1. The largest absolute Gasteiger partial charge is 0.439 e. The number of halogens is 2. The number of nitrogens with zero attached hydrogens (tertiary/aromatic N) is 1. The number of rotatable bonds is 5. The molecule has 0 bridgehead atoms. The van der Waals surface area contributed by atoms with Gasteiger partial charge in [-0.1, -0.05) is 23.2 Å². The number of hydrogen-bond acceptors (Lipinski definition) is 6. The van der Waals surface area contributed by atoms with E-state index in [2.05, 4.69) is 10.3 Å². The number of anilines is 1. The van der Waals surface area contributed by atoms with Gasteiger partial charge in [0.25, 0.3) is 5.91 Å². The van der Waals surface area contributed by atoms with E-state index in [4.69, 9.17) is 27.9 Å². The minimum atomic E-state index is -3.20. The van der Waals surface area contributed by atoms with Crippen LogP contribution >= 0.6 is 34.5 Å². The molecule has 4 aromatic rings. The molecule has 0 aliphatic heterocycles. The first kappa shape index (κ1) is 24.1. The Balaban J connectivity index is 1.40. The van der Waals surface area contributed by atoms with Crippen LogP contribution in [0.1, 0.15) is 38.9 Å². The summed E-state index contributed by atoms with van der Waals surface area (Å²) in [7, 11) is -3.20. The number of nitrogens with one attached hydrogen (secondary N) is 1. The number of aryl methyl sites for hydroxylation is 1. The summed E-state index contributed by atoms with van der Waals surface area (Å²) in [6, 6.07) is 15.6. The third-order valence-electron chi connectivity index (χ3n) is 5.84. The van der Waals surface area contributed by atoms with Crippen LogP contribution in [-0.2, 0) is 16.3 Å². The lowest BCUT2D eigenvalue weighted by atomic mass is 9.90. The molecule has 0 saturated heterocycles. The molecular formula is C25H20Cl2N2O4S2. The van der Waals surface area contributed by atoms with Crippen LogP contribution in [0.25, 0.3) is 10.1 Å². The van der Waals surface area contributed by atoms with Gasteiger partial charge in [0.05, 0.1) is 10.1 Å². The minimum absolute atomic E-state index is 0.169. The highest BCUT2D eigenvalue weighted by atomic mass is 35.5. The van der Waals surface area contributed by atoms with Crippen LogP contribution in [0.3, 0.4) is 0 Å². The fraction of sp³-hybridized carbons (Fsp3) is 0.200. The molecule has 0 spiro atoms. The van der Waals surface area contributed by atoms with Crippen LogP contribution in [0.15, 0.2) is 54.6 Å². The van der Waals surface area contributed by atoms with Gasteiger partial charge in [-0.3, -0.25) is 4.79 Å². The lowest BCUT2D eigenvalue weighted by molar-refractivity contribution is 0.103. The van der Waals surface area contributed by atoms with Crippen molar-refractivity contribution in [1.29, 1.82) is 0 Å². The maximum absolute atomic E-state index is 13.0. The summed E-state index contributed by atoms with van der Waals surface area (Å²) in [5.74, 6) is 0.455. The van der Waals surface area contributed by atoms with Crippen LogP contribution in [0.2, 0.25) is 10.2 Å². The molecule has 1 atom stereocenters. The highest BCUT2D eigenvalue weighted by molar-refractivity contribution is 7.90. The zero-order chi connectivity index (χ0) is 24.7. The second-order valence-corrected chi connectivity index (χ2v) is 12.6. The fourth-order valence-electron chi connectivity index (χ4n) is 4.27. The summed E-state index contributed by atoms with van der Waals surface area (Å²) < 4.78 is 31.3. The van der Waals surface area contributed by atoms with Crippen LogP contribution in [0, 0.1) is 0 Å². The summed E-state index contributed by atoms with van der Waals surface area (Å²) in [5, 5.41) is 3.96. The van der Waals surface area contributed by atoms with Gasteiger partial charge in [0.1, 0.15) is 10.9 Å². The molecule has 2 aromatic heterocycles. The molecule has 1 N–H and O–H groups in total. The molecule has 5 rings (SSSR count). The third-order valence-corrected chi connectivity index (χ3v) is 8.91. The quantitative estimate of drug-likeness (QED) is 0.270. The molecular weight excluding hydrogens is 527 g/mol. The summed E-state index contributed by atoms with van der Waals surface area (Å²) in [6.07, 6.45) is 3.58. The van der Waals surface area contributed by atoms with Gasteiger partial charge in [-0.25, -0.2) is 13.4 Å². The van der Waals surface area contributed by atoms with E-state index >= 15 is 0 Å². The van der Waals surface area contributed by atoms with Crippen LogP contribution < -0.4 is 10.1 Å². The average Bonchev–Trinajstić information content (AvgIpc) is 3.21. The maximum Gasteiger partial charge on any atom is 0.265 e. The van der Waals surface area contributed by atoms with Gasteiger partial charge in [0.2, 0.25) is 5.88 Å². The maximum atomic E-state index is 13.0. The van der Waals surface area contributed by atoms with E-state index in [1.807, 2.05) is 12.1 Å². The number of hydrogen-bond donors (Lipinski definition) is 1. The fourth-order valence-corrected chi connectivity index (χ4v) is 6.87. The van der Waals surface area contributed by atoms with Crippen molar-refractivity contribution in [3.8, 4) is 11.6 Å². The molecule has 1 aliphatic rings. The zero-order valence-electron chi connectivity index (χ0n) is 18.5. The predicted octanol–water partition coefficient (Wildman–Crippen LogP) is 7.07. The monoisotopic (exact) mass is 546 g/mol. The van der Waals surface area contributed by atoms with E-state index < -0.39 is 15.1 Å². The Kier molecular flexibility index (Phi) is 6.48. The Hall–Kier alpha value is -2.65. The van der Waals surface area contributed by atoms with Gasteiger partial charge in [0, 0.05) is 27.7 Å². The van der Waals surface area contributed by atoms with Crippen molar-refractivity contribution in [2.24, 2.45) is 0 Å². The Bertz CT molecular complexity index is 1550. The van der Waals surface area contributed by atoms with Crippen molar-refractivity contribution < 1.29 is 17.9 Å². The van der Waals surface area contributed by atoms with Crippen molar-refractivity contribution >= 4 is 66.1 Å². The Morgan fingerprint density at radius 3 is 2.63 bits per heavy atom. The van der Waals surface area contributed by atoms with E-state index in [0.29, 0.717) is 27.8 Å². The van der Waals surface area contributed by atoms with Gasteiger partial charge in [-0.15, -0.1) is 11.3 Å². The lowest BCUT2D eigenvalue weighted by Gasteiger charge is -2.24. The Morgan fingerprint density at radius 1 is 1.11 bits per heavy atom. The Labute approximate surface area is 216 Å². The molecule has 6 nitrogen and oxygen atoms in total. The van der Waals surface area contributed by atoms with E-state index in [1.165, 1.54) is 23.7 Å². The van der Waals surface area contributed by atoms with E-state index in [9.17, 15) is 13.2 Å². The van der Waals surface area contributed by atoms with E-state index in [-0.39, 0.29) is 16.9 Å². The molecule has 1 unspecified atom stereocenters. The topological polar surface area (TPSA) is 85.4 Å². The number of carbonyl (C=O) groups excluding carboxylic acids is 1. The number of benzene rings is 2. The van der Waals surface area contributed by atoms with Crippen LogP contribution in [-0.4, -0.2) is 25.6 Å². The van der Waals surface area contributed by atoms with Crippen LogP contribution in [0.5, 0.6) is 11.6 Å². The second-order valence-electron chi connectivity index (χ2n) is 8.44. The standard InChI is InChI=1S/C25H20Cl2N2O4S2/c1-35(31,32)22-4-2-3-14-10-20-15(9-19(14)22)11-21(34-20)25(30)28-17-12-23(27)29-24(13-17)33-18-7-5-16(26)6-8-18/h5-13,22H,2-4H2,1H3,(H,28,29,30). The molecule has 0 radical (unpaired) electrons. The molecule has 0 saturated carbocycles. The van der Waals surface area contributed by atoms with Crippen molar-refractivity contribution in [3.63, 3.8) is 0 Å². The number of thiophene rings is 1. The number of amides is 1. The number of sulfone groups is 1. The van der Waals surface area contributed by atoms with Crippen molar-refractivity contribution in [2.75, 3.05) is 11.6 Å². The van der Waals surface area contributed by atoms with Gasteiger partial charge >= 0.3 is 0 Å². The molecule has 1 amide bonds. The second kappa shape index (κ2) is 9.43. The average molecular weight is 547 g/mol. The molecule has 1 aliphatic carbocycles. The Morgan fingerprint density at radius 2 is 1.89 bits per heavy atom. The van der Waals surface area contributed by atoms with Crippen molar-refractivity contribution in [1.82, 2.24) is 4.98 Å². The van der Waals surface area contributed by atoms with Crippen molar-refractivity contribution in [2.45, 2.75) is 24.5 Å². The first-order valence-electron chi connectivity index (χ1n) is 10.8. The molecule has 180 valence electrons. The van der Waals surface area contributed by atoms with E-state index in [0.717, 1.165) is 34.1 Å². The predicted molar refractivity (Wildman–Crippen MR) is 141 cm³/mol. The third kappa shape index (κ3) is 5.30. The van der Waals surface area contributed by atoms with Gasteiger partial charge in [0.15, 0.2) is 9.84 Å². The molecule has 2 heterocycles. The molecule has 10 heteroatoms. The summed E-state index contributed by atoms with van der Waals surface area (Å²) >= 11 is 13.4. The number of fused-ring (bicyclic) bond motifs is 2. The van der Waals surface area contributed by atoms with E-state index in [1.54, 1.807) is 36.4 Å². The van der Waals surface area contributed by atoms with Crippen LogP contribution in [0.4, 0.5) is 5.69 Å². The first-order chi connectivity index (χ1) is 16.7. The highest BCUT2D eigenvalue weighted by Gasteiger charge is 2.29. The van der Waals surface area contributed by atoms with Gasteiger partial charge in [-0.2, -0.15) is 0 Å². The zero-order valence-corrected chi connectivity index (χ0v) is 21.7. The highest BCUT2D eigenvalue weighted by Crippen LogP contribution is 2.39.